The third-order valence-corrected chi connectivity index (χ3v) is 3.67. The Morgan fingerprint density at radius 3 is 2.57 bits per heavy atom. The predicted molar refractivity (Wildman–Crippen MR) is 84.1 cm³/mol. The van der Waals surface area contributed by atoms with Crippen LogP contribution in [0.4, 0.5) is 0 Å². The molecule has 1 unspecified atom stereocenters. The van der Waals surface area contributed by atoms with Gasteiger partial charge in [0, 0.05) is 24.0 Å². The summed E-state index contributed by atoms with van der Waals surface area (Å²) in [6, 6.07) is 8.02. The molecule has 4 heteroatoms. The molecule has 0 spiro atoms. The molecule has 2 rings (SSSR count). The highest BCUT2D eigenvalue weighted by molar-refractivity contribution is 5.47. The Hall–Kier alpha value is -2.07. The zero-order chi connectivity index (χ0) is 15.2. The van der Waals surface area contributed by atoms with E-state index in [9.17, 15) is 0 Å². The highest BCUT2D eigenvalue weighted by Crippen LogP contribution is 2.34. The fourth-order valence-corrected chi connectivity index (χ4v) is 2.55. The molecule has 1 N–H and O–H groups in total. The number of ether oxygens (including phenoxy) is 2. The average molecular weight is 286 g/mol. The smallest absolute Gasteiger partial charge is 0.127 e. The van der Waals surface area contributed by atoms with Crippen molar-refractivity contribution in [3.05, 3.63) is 53.3 Å². The van der Waals surface area contributed by atoms with E-state index in [4.69, 9.17) is 9.47 Å². The van der Waals surface area contributed by atoms with Gasteiger partial charge < -0.3 is 14.8 Å². The van der Waals surface area contributed by atoms with Crippen molar-refractivity contribution in [2.75, 3.05) is 21.3 Å². The van der Waals surface area contributed by atoms with Crippen molar-refractivity contribution in [2.45, 2.75) is 19.4 Å². The molecule has 2 aromatic rings. The molecule has 4 nitrogen and oxygen atoms in total. The van der Waals surface area contributed by atoms with E-state index in [0.29, 0.717) is 0 Å². The first-order valence-corrected chi connectivity index (χ1v) is 7.07. The molecule has 112 valence electrons. The molecule has 1 aromatic heterocycles. The van der Waals surface area contributed by atoms with Gasteiger partial charge >= 0.3 is 0 Å². The van der Waals surface area contributed by atoms with Crippen molar-refractivity contribution in [2.24, 2.45) is 0 Å². The molecule has 0 aliphatic heterocycles. The number of benzene rings is 1. The minimum atomic E-state index is 0.0591. The lowest BCUT2D eigenvalue weighted by atomic mass is 9.94. The summed E-state index contributed by atoms with van der Waals surface area (Å²) in [5.41, 5.74) is 3.54. The van der Waals surface area contributed by atoms with Gasteiger partial charge in [0.1, 0.15) is 11.5 Å². The van der Waals surface area contributed by atoms with Crippen LogP contribution in [0.5, 0.6) is 11.5 Å². The van der Waals surface area contributed by atoms with Crippen LogP contribution in [0.2, 0.25) is 0 Å². The molecular weight excluding hydrogens is 264 g/mol. The van der Waals surface area contributed by atoms with Crippen molar-refractivity contribution in [3.63, 3.8) is 0 Å². The summed E-state index contributed by atoms with van der Waals surface area (Å²) in [4.78, 5) is 4.22. The first-order chi connectivity index (χ1) is 10.2. The molecule has 21 heavy (non-hydrogen) atoms. The molecular formula is C17H22N2O2. The second-order valence-corrected chi connectivity index (χ2v) is 4.76. The number of rotatable bonds is 6. The van der Waals surface area contributed by atoms with Crippen molar-refractivity contribution < 1.29 is 9.47 Å². The predicted octanol–water partition coefficient (Wildman–Crippen LogP) is 2.97. The minimum Gasteiger partial charge on any atom is -0.497 e. The lowest BCUT2D eigenvalue weighted by Crippen LogP contribution is -2.20. The molecule has 0 saturated heterocycles. The Morgan fingerprint density at radius 1 is 1.14 bits per heavy atom. The summed E-state index contributed by atoms with van der Waals surface area (Å²) in [5, 5.41) is 3.37. The van der Waals surface area contributed by atoms with Crippen LogP contribution in [0.1, 0.15) is 29.7 Å². The summed E-state index contributed by atoms with van der Waals surface area (Å²) in [6.45, 7) is 2.14. The van der Waals surface area contributed by atoms with Gasteiger partial charge in [0.15, 0.2) is 0 Å². The summed E-state index contributed by atoms with van der Waals surface area (Å²) < 4.78 is 10.8. The summed E-state index contributed by atoms with van der Waals surface area (Å²) in [7, 11) is 5.29. The van der Waals surface area contributed by atoms with Crippen LogP contribution in [0, 0.1) is 0 Å². The maximum atomic E-state index is 5.53. The number of aromatic nitrogens is 1. The average Bonchev–Trinajstić information content (AvgIpc) is 2.56. The zero-order valence-corrected chi connectivity index (χ0v) is 13.0. The fourth-order valence-electron chi connectivity index (χ4n) is 2.55. The highest BCUT2D eigenvalue weighted by Gasteiger charge is 2.19. The van der Waals surface area contributed by atoms with Crippen molar-refractivity contribution in [3.8, 4) is 11.5 Å². The van der Waals surface area contributed by atoms with Crippen LogP contribution in [-0.2, 0) is 6.42 Å². The second kappa shape index (κ2) is 7.09. The van der Waals surface area contributed by atoms with Gasteiger partial charge in [0.2, 0.25) is 0 Å². The van der Waals surface area contributed by atoms with Crippen LogP contribution in [0.25, 0.3) is 0 Å². The highest BCUT2D eigenvalue weighted by atomic mass is 16.5. The molecule has 1 aromatic carbocycles. The number of aryl methyl sites for hydroxylation is 1. The van der Waals surface area contributed by atoms with Gasteiger partial charge in [-0.1, -0.05) is 6.92 Å². The van der Waals surface area contributed by atoms with E-state index < -0.39 is 0 Å². The van der Waals surface area contributed by atoms with Gasteiger partial charge in [-0.05, 0) is 42.8 Å². The van der Waals surface area contributed by atoms with Gasteiger partial charge in [0.05, 0.1) is 20.3 Å². The van der Waals surface area contributed by atoms with E-state index in [1.54, 1.807) is 14.2 Å². The quantitative estimate of drug-likeness (QED) is 0.886. The number of hydrogen-bond acceptors (Lipinski definition) is 4. The molecule has 0 aliphatic carbocycles. The van der Waals surface area contributed by atoms with E-state index in [1.807, 2.05) is 37.6 Å². The molecule has 0 bridgehead atoms. The second-order valence-electron chi connectivity index (χ2n) is 4.76. The van der Waals surface area contributed by atoms with Gasteiger partial charge in [0.25, 0.3) is 0 Å². The molecule has 1 atom stereocenters. The summed E-state index contributed by atoms with van der Waals surface area (Å²) in [5.74, 6) is 1.60. The Kier molecular flexibility index (Phi) is 5.17. The Balaban J connectivity index is 2.51. The number of nitrogens with one attached hydrogen (secondary N) is 1. The molecule has 0 aliphatic rings. The fraction of sp³-hybridized carbons (Fsp3) is 0.353. The van der Waals surface area contributed by atoms with Gasteiger partial charge in [-0.3, -0.25) is 4.98 Å². The Bertz CT molecular complexity index is 599. The van der Waals surface area contributed by atoms with Crippen LogP contribution in [0.3, 0.4) is 0 Å². The molecule has 1 heterocycles. The van der Waals surface area contributed by atoms with E-state index in [-0.39, 0.29) is 6.04 Å². The van der Waals surface area contributed by atoms with Crippen LogP contribution in [-0.4, -0.2) is 26.3 Å². The number of methoxy groups -OCH3 is 2. The van der Waals surface area contributed by atoms with Crippen LogP contribution < -0.4 is 14.8 Å². The van der Waals surface area contributed by atoms with E-state index >= 15 is 0 Å². The van der Waals surface area contributed by atoms with Crippen molar-refractivity contribution >= 4 is 0 Å². The van der Waals surface area contributed by atoms with E-state index in [0.717, 1.165) is 23.5 Å². The zero-order valence-electron chi connectivity index (χ0n) is 13.0. The Labute approximate surface area is 126 Å². The molecule has 0 amide bonds. The summed E-state index contributed by atoms with van der Waals surface area (Å²) in [6.07, 6.45) is 4.70. The monoisotopic (exact) mass is 286 g/mol. The number of nitrogens with zero attached hydrogens (tertiary/aromatic N) is 1. The maximum absolute atomic E-state index is 5.53. The SMILES string of the molecule is CCc1cnccc1C(NC)c1ccc(OC)cc1OC. The Morgan fingerprint density at radius 2 is 1.95 bits per heavy atom. The topological polar surface area (TPSA) is 43.4 Å². The van der Waals surface area contributed by atoms with Crippen molar-refractivity contribution in [1.82, 2.24) is 10.3 Å². The summed E-state index contributed by atoms with van der Waals surface area (Å²) >= 11 is 0. The first-order valence-electron chi connectivity index (χ1n) is 7.07. The first kappa shape index (κ1) is 15.3. The van der Waals surface area contributed by atoms with Gasteiger partial charge in [-0.25, -0.2) is 0 Å². The third-order valence-electron chi connectivity index (χ3n) is 3.67. The normalized spacial score (nSPS) is 12.0. The molecule has 0 saturated carbocycles. The van der Waals surface area contributed by atoms with E-state index in [2.05, 4.69) is 23.3 Å². The molecule has 0 radical (unpaired) electrons. The number of hydrogen-bond donors (Lipinski definition) is 1. The van der Waals surface area contributed by atoms with Crippen LogP contribution >= 0.6 is 0 Å². The molecule has 0 fully saturated rings. The van der Waals surface area contributed by atoms with Crippen molar-refractivity contribution in [1.29, 1.82) is 0 Å². The number of pyridine rings is 1. The lowest BCUT2D eigenvalue weighted by Gasteiger charge is -2.22. The largest absolute Gasteiger partial charge is 0.497 e. The van der Waals surface area contributed by atoms with Gasteiger partial charge in [-0.2, -0.15) is 0 Å². The minimum absolute atomic E-state index is 0.0591. The lowest BCUT2D eigenvalue weighted by molar-refractivity contribution is 0.388. The van der Waals surface area contributed by atoms with E-state index in [1.165, 1.54) is 11.1 Å². The van der Waals surface area contributed by atoms with Crippen LogP contribution in [0.15, 0.2) is 36.7 Å². The standard InChI is InChI=1S/C17H22N2O2/c1-5-12-11-19-9-8-14(12)17(18-2)15-7-6-13(20-3)10-16(15)21-4/h6-11,17-18H,5H2,1-4H3. The van der Waals surface area contributed by atoms with Gasteiger partial charge in [-0.15, -0.1) is 0 Å². The third kappa shape index (κ3) is 3.16. The maximum Gasteiger partial charge on any atom is 0.127 e.